The number of aryl methyl sites for hydroxylation is 2. The number of amides is 2. The third kappa shape index (κ3) is 6.42. The van der Waals surface area contributed by atoms with E-state index >= 15 is 0 Å². The smallest absolute Gasteiger partial charge is 0.423 e. The van der Waals surface area contributed by atoms with Crippen LogP contribution in [0, 0.1) is 19.3 Å². The van der Waals surface area contributed by atoms with Gasteiger partial charge in [0.1, 0.15) is 0 Å². The number of carbonyl (C=O) groups excluding carboxylic acids is 2. The van der Waals surface area contributed by atoms with Crippen LogP contribution in [0.4, 0.5) is 0 Å². The highest BCUT2D eigenvalue weighted by molar-refractivity contribution is 6.58. The second-order valence-electron chi connectivity index (χ2n) is 9.16. The summed E-state index contributed by atoms with van der Waals surface area (Å²) in [6, 6.07) is 11.4. The first-order valence-electron chi connectivity index (χ1n) is 10.6. The van der Waals surface area contributed by atoms with Crippen LogP contribution in [0.2, 0.25) is 0 Å². The van der Waals surface area contributed by atoms with Crippen molar-refractivity contribution in [2.24, 2.45) is 5.41 Å². The molecule has 0 radical (unpaired) electrons. The fraction of sp³-hybridized carbons (Fsp3) is 0.417. The van der Waals surface area contributed by atoms with Crippen LogP contribution in [0.15, 0.2) is 42.5 Å². The largest absolute Gasteiger partial charge is 0.488 e. The van der Waals surface area contributed by atoms with Gasteiger partial charge in [-0.25, -0.2) is 5.01 Å². The summed E-state index contributed by atoms with van der Waals surface area (Å²) in [5.74, 6) is -0.682. The third-order valence-corrected chi connectivity index (χ3v) is 5.25. The average molecular weight is 424 g/mol. The molecule has 0 saturated carbocycles. The van der Waals surface area contributed by atoms with Gasteiger partial charge < -0.3 is 10.0 Å². The number of hydrogen-bond acceptors (Lipinski definition) is 4. The van der Waals surface area contributed by atoms with E-state index in [1.54, 1.807) is 0 Å². The van der Waals surface area contributed by atoms with E-state index in [9.17, 15) is 19.6 Å². The quantitative estimate of drug-likeness (QED) is 0.491. The van der Waals surface area contributed by atoms with Gasteiger partial charge in [0.05, 0.1) is 6.04 Å². The number of hydrogen-bond donors (Lipinski definition) is 3. The molecule has 31 heavy (non-hydrogen) atoms. The molecule has 0 aliphatic carbocycles. The SMILES string of the molecule is CCC[C@@H](N(NC(=O)c1ccc(B(O)O)cc1)C(=O)c1cc(C)cc(C)c1)C(C)(C)C. The van der Waals surface area contributed by atoms with Crippen molar-refractivity contribution >= 4 is 24.4 Å². The first kappa shape index (κ1) is 24.6. The molecule has 2 aromatic carbocycles. The topological polar surface area (TPSA) is 89.9 Å². The highest BCUT2D eigenvalue weighted by Crippen LogP contribution is 2.28. The lowest BCUT2D eigenvalue weighted by atomic mass is 9.80. The Hall–Kier alpha value is -2.64. The molecule has 3 N–H and O–H groups in total. The minimum absolute atomic E-state index is 0.215. The van der Waals surface area contributed by atoms with Crippen molar-refractivity contribution in [1.29, 1.82) is 0 Å². The van der Waals surface area contributed by atoms with Gasteiger partial charge in [-0.1, -0.05) is 63.4 Å². The molecule has 7 heteroatoms. The molecule has 0 fully saturated rings. The van der Waals surface area contributed by atoms with Gasteiger partial charge in [0.15, 0.2) is 0 Å². The Bertz CT molecular complexity index is 900. The van der Waals surface area contributed by atoms with Gasteiger partial charge in [0.25, 0.3) is 11.8 Å². The first-order chi connectivity index (χ1) is 14.4. The van der Waals surface area contributed by atoms with Crippen LogP contribution in [-0.4, -0.2) is 40.0 Å². The third-order valence-electron chi connectivity index (χ3n) is 5.25. The van der Waals surface area contributed by atoms with Gasteiger partial charge in [0.2, 0.25) is 0 Å². The second kappa shape index (κ2) is 10.1. The molecular formula is C24H33BN2O4. The van der Waals surface area contributed by atoms with Gasteiger partial charge in [0, 0.05) is 11.1 Å². The van der Waals surface area contributed by atoms with Crippen molar-refractivity contribution in [2.75, 3.05) is 0 Å². The maximum absolute atomic E-state index is 13.6. The molecule has 0 aliphatic rings. The second-order valence-corrected chi connectivity index (χ2v) is 9.16. The summed E-state index contributed by atoms with van der Waals surface area (Å²) in [6.45, 7) is 12.1. The van der Waals surface area contributed by atoms with Crippen LogP contribution in [0.5, 0.6) is 0 Å². The maximum atomic E-state index is 13.6. The number of hydrazine groups is 1. The molecular weight excluding hydrogens is 391 g/mol. The lowest BCUT2D eigenvalue weighted by Gasteiger charge is -2.40. The van der Waals surface area contributed by atoms with E-state index < -0.39 is 13.0 Å². The van der Waals surface area contributed by atoms with Crippen LogP contribution < -0.4 is 10.9 Å². The number of carbonyl (C=O) groups is 2. The monoisotopic (exact) mass is 424 g/mol. The van der Waals surface area contributed by atoms with Crippen molar-refractivity contribution < 1.29 is 19.6 Å². The highest BCUT2D eigenvalue weighted by atomic mass is 16.4. The first-order valence-corrected chi connectivity index (χ1v) is 10.6. The Morgan fingerprint density at radius 2 is 1.55 bits per heavy atom. The van der Waals surface area contributed by atoms with Crippen LogP contribution in [0.25, 0.3) is 0 Å². The van der Waals surface area contributed by atoms with Crippen LogP contribution >= 0.6 is 0 Å². The fourth-order valence-corrected chi connectivity index (χ4v) is 3.71. The minimum atomic E-state index is -1.60. The zero-order valence-corrected chi connectivity index (χ0v) is 19.3. The zero-order chi connectivity index (χ0) is 23.3. The van der Waals surface area contributed by atoms with Crippen LogP contribution in [0.3, 0.4) is 0 Å². The predicted molar refractivity (Wildman–Crippen MR) is 124 cm³/mol. The van der Waals surface area contributed by atoms with Crippen LogP contribution in [0.1, 0.15) is 72.4 Å². The fourth-order valence-electron chi connectivity index (χ4n) is 3.71. The maximum Gasteiger partial charge on any atom is 0.488 e. The summed E-state index contributed by atoms with van der Waals surface area (Å²) in [4.78, 5) is 26.6. The van der Waals surface area contributed by atoms with Gasteiger partial charge in [-0.2, -0.15) is 0 Å². The van der Waals surface area contributed by atoms with Crippen molar-refractivity contribution in [3.05, 3.63) is 64.7 Å². The van der Waals surface area contributed by atoms with Crippen molar-refractivity contribution in [2.45, 2.75) is 60.4 Å². The number of nitrogens with zero attached hydrogens (tertiary/aromatic N) is 1. The molecule has 166 valence electrons. The molecule has 1 atom stereocenters. The predicted octanol–water partition coefficient (Wildman–Crippen LogP) is 2.99. The number of rotatable bonds is 6. The molecule has 2 aromatic rings. The van der Waals surface area contributed by atoms with Gasteiger partial charge in [-0.05, 0) is 55.4 Å². The Kier molecular flexibility index (Phi) is 8.04. The van der Waals surface area contributed by atoms with Crippen molar-refractivity contribution in [1.82, 2.24) is 10.4 Å². The molecule has 0 saturated heterocycles. The molecule has 0 heterocycles. The normalized spacial score (nSPS) is 12.3. The standard InChI is InChI=1S/C24H33BN2O4/c1-7-8-21(24(4,5)6)27(23(29)19-14-16(2)13-17(3)15-19)26-22(28)18-9-11-20(12-10-18)25(30)31/h9-15,21,30-31H,7-8H2,1-6H3,(H,26,28)/t21-/m1/s1. The molecule has 0 bridgehead atoms. The molecule has 2 amide bonds. The Labute approximate surface area is 185 Å². The summed E-state index contributed by atoms with van der Waals surface area (Å²) in [5, 5.41) is 20.0. The summed E-state index contributed by atoms with van der Waals surface area (Å²) in [6.07, 6.45) is 1.59. The van der Waals surface area contributed by atoms with E-state index in [-0.39, 0.29) is 17.4 Å². The zero-order valence-electron chi connectivity index (χ0n) is 19.3. The Balaban J connectivity index is 2.43. The average Bonchev–Trinajstić information content (AvgIpc) is 2.68. The molecule has 2 rings (SSSR count). The van der Waals surface area contributed by atoms with E-state index in [1.807, 2.05) is 32.0 Å². The summed E-state index contributed by atoms with van der Waals surface area (Å²) in [5.41, 5.74) is 5.68. The molecule has 0 unspecified atom stereocenters. The van der Waals surface area contributed by atoms with E-state index in [0.29, 0.717) is 16.6 Å². The minimum Gasteiger partial charge on any atom is -0.423 e. The molecule has 0 spiro atoms. The Morgan fingerprint density at radius 1 is 1.00 bits per heavy atom. The van der Waals surface area contributed by atoms with Gasteiger partial charge >= 0.3 is 7.12 Å². The van der Waals surface area contributed by atoms with Crippen LogP contribution in [-0.2, 0) is 0 Å². The lowest BCUT2D eigenvalue weighted by molar-refractivity contribution is 0.0271. The van der Waals surface area contributed by atoms with Crippen molar-refractivity contribution in [3.63, 3.8) is 0 Å². The summed E-state index contributed by atoms with van der Waals surface area (Å²) < 4.78 is 0. The summed E-state index contributed by atoms with van der Waals surface area (Å²) >= 11 is 0. The highest BCUT2D eigenvalue weighted by Gasteiger charge is 2.35. The molecule has 6 nitrogen and oxygen atoms in total. The van der Waals surface area contributed by atoms with E-state index in [4.69, 9.17) is 0 Å². The van der Waals surface area contributed by atoms with Gasteiger partial charge in [-0.3, -0.25) is 15.0 Å². The van der Waals surface area contributed by atoms with E-state index in [1.165, 1.54) is 29.3 Å². The molecule has 0 aromatic heterocycles. The number of benzene rings is 2. The van der Waals surface area contributed by atoms with Crippen molar-refractivity contribution in [3.8, 4) is 0 Å². The van der Waals surface area contributed by atoms with E-state index in [0.717, 1.165) is 24.0 Å². The van der Waals surface area contributed by atoms with Gasteiger partial charge in [-0.15, -0.1) is 0 Å². The number of nitrogens with one attached hydrogen (secondary N) is 1. The van der Waals surface area contributed by atoms with E-state index in [2.05, 4.69) is 33.1 Å². The lowest BCUT2D eigenvalue weighted by Crippen LogP contribution is -2.56. The Morgan fingerprint density at radius 3 is 2.00 bits per heavy atom. The summed E-state index contributed by atoms with van der Waals surface area (Å²) in [7, 11) is -1.60. The molecule has 0 aliphatic heterocycles.